The first-order chi connectivity index (χ1) is 6.77. The molecule has 0 aliphatic carbocycles. The molecule has 0 unspecified atom stereocenters. The van der Waals surface area contributed by atoms with Crippen molar-refractivity contribution in [3.63, 3.8) is 0 Å². The molecule has 0 atom stereocenters. The van der Waals surface area contributed by atoms with Crippen LogP contribution in [0.1, 0.15) is 5.56 Å². The fraction of sp³-hybridized carbons (Fsp3) is 0.300. The molecule has 3 nitrogen and oxygen atoms in total. The lowest BCUT2D eigenvalue weighted by Crippen LogP contribution is -1.99. The summed E-state index contributed by atoms with van der Waals surface area (Å²) in [5, 5.41) is 9.02. The highest BCUT2D eigenvalue weighted by Gasteiger charge is 2.02. The van der Waals surface area contributed by atoms with Gasteiger partial charge < -0.3 is 9.47 Å². The van der Waals surface area contributed by atoms with Crippen molar-refractivity contribution in [2.24, 2.45) is 0 Å². The lowest BCUT2D eigenvalue weighted by molar-refractivity contribution is 0.0511. The third-order valence-corrected chi connectivity index (χ3v) is 1.92. The zero-order chi connectivity index (χ0) is 10.4. The van der Waals surface area contributed by atoms with E-state index < -0.39 is 0 Å². The van der Waals surface area contributed by atoms with Crippen LogP contribution < -0.4 is 4.74 Å². The molecule has 0 radical (unpaired) electrons. The fourth-order valence-corrected chi connectivity index (χ4v) is 1.15. The molecular weight excluding hydrogens is 202 g/mol. The van der Waals surface area contributed by atoms with Crippen LogP contribution in [0.2, 0.25) is 5.02 Å². The molecule has 0 aliphatic heterocycles. The molecule has 0 N–H and O–H groups in total. The molecule has 0 bridgehead atoms. The van der Waals surface area contributed by atoms with Crippen LogP contribution in [0.5, 0.6) is 5.75 Å². The third kappa shape index (κ3) is 2.91. The van der Waals surface area contributed by atoms with Crippen LogP contribution in [0.15, 0.2) is 18.2 Å². The number of nitrogens with zero attached hydrogens (tertiary/aromatic N) is 1. The maximum atomic E-state index is 8.51. The summed E-state index contributed by atoms with van der Waals surface area (Å²) in [6, 6.07) is 7.30. The highest BCUT2D eigenvalue weighted by atomic mass is 35.5. The van der Waals surface area contributed by atoms with E-state index >= 15 is 0 Å². The van der Waals surface area contributed by atoms with Crippen molar-refractivity contribution in [2.75, 3.05) is 13.9 Å². The van der Waals surface area contributed by atoms with E-state index in [9.17, 15) is 0 Å². The van der Waals surface area contributed by atoms with Gasteiger partial charge in [0, 0.05) is 7.11 Å². The van der Waals surface area contributed by atoms with E-state index in [2.05, 4.69) is 6.07 Å². The van der Waals surface area contributed by atoms with Gasteiger partial charge in [0.05, 0.1) is 17.5 Å². The van der Waals surface area contributed by atoms with Crippen molar-refractivity contribution >= 4 is 11.6 Å². The van der Waals surface area contributed by atoms with Crippen molar-refractivity contribution in [3.8, 4) is 11.8 Å². The summed E-state index contributed by atoms with van der Waals surface area (Å²) in [5.74, 6) is 0.543. The quantitative estimate of drug-likeness (QED) is 0.719. The Morgan fingerprint density at radius 1 is 1.50 bits per heavy atom. The molecule has 0 amide bonds. The Labute approximate surface area is 87.8 Å². The third-order valence-electron chi connectivity index (χ3n) is 1.61. The lowest BCUT2D eigenvalue weighted by Gasteiger charge is -2.07. The second kappa shape index (κ2) is 5.48. The van der Waals surface area contributed by atoms with Crippen molar-refractivity contribution < 1.29 is 9.47 Å². The van der Waals surface area contributed by atoms with Crippen LogP contribution >= 0.6 is 11.6 Å². The first-order valence-electron chi connectivity index (χ1n) is 4.05. The average molecular weight is 212 g/mol. The summed E-state index contributed by atoms with van der Waals surface area (Å²) >= 11 is 5.87. The summed E-state index contributed by atoms with van der Waals surface area (Å²) in [5.41, 5.74) is 0.878. The molecule has 74 valence electrons. The van der Waals surface area contributed by atoms with E-state index in [1.54, 1.807) is 18.2 Å². The minimum absolute atomic E-state index is 0.149. The Kier molecular flexibility index (Phi) is 4.24. The molecule has 14 heavy (non-hydrogen) atoms. The predicted molar refractivity (Wildman–Crippen MR) is 53.3 cm³/mol. The summed E-state index contributed by atoms with van der Waals surface area (Å²) in [6.45, 7) is 0.149. The van der Waals surface area contributed by atoms with Gasteiger partial charge in [0.15, 0.2) is 6.79 Å². The highest BCUT2D eigenvalue weighted by Crippen LogP contribution is 2.25. The second-order valence-corrected chi connectivity index (χ2v) is 3.06. The molecule has 0 fully saturated rings. The van der Waals surface area contributed by atoms with Crippen molar-refractivity contribution in [1.82, 2.24) is 0 Å². The normalized spacial score (nSPS) is 9.50. The molecule has 0 aromatic heterocycles. The van der Waals surface area contributed by atoms with Crippen LogP contribution in [0, 0.1) is 11.3 Å². The molecule has 1 aromatic rings. The molecular formula is C10H10ClNO2. The zero-order valence-electron chi connectivity index (χ0n) is 7.79. The van der Waals surface area contributed by atoms with Crippen LogP contribution in [0.4, 0.5) is 0 Å². The number of methoxy groups -OCH3 is 1. The monoisotopic (exact) mass is 211 g/mol. The smallest absolute Gasteiger partial charge is 0.188 e. The Morgan fingerprint density at radius 2 is 2.29 bits per heavy atom. The van der Waals surface area contributed by atoms with Crippen molar-refractivity contribution in [3.05, 3.63) is 28.8 Å². The van der Waals surface area contributed by atoms with E-state index in [0.717, 1.165) is 5.56 Å². The Balaban J connectivity index is 2.80. The predicted octanol–water partition coefficient (Wildman–Crippen LogP) is 2.39. The number of halogens is 1. The molecule has 1 rings (SSSR count). The molecule has 0 heterocycles. The summed E-state index contributed by atoms with van der Waals surface area (Å²) in [7, 11) is 1.53. The van der Waals surface area contributed by atoms with Gasteiger partial charge in [-0.1, -0.05) is 17.7 Å². The first kappa shape index (κ1) is 10.8. The molecule has 1 aromatic carbocycles. The van der Waals surface area contributed by atoms with Gasteiger partial charge in [-0.05, 0) is 17.7 Å². The topological polar surface area (TPSA) is 42.2 Å². The van der Waals surface area contributed by atoms with E-state index in [4.69, 9.17) is 26.3 Å². The summed E-state index contributed by atoms with van der Waals surface area (Å²) < 4.78 is 9.96. The number of nitriles is 1. The van der Waals surface area contributed by atoms with Crippen molar-refractivity contribution in [1.29, 1.82) is 5.26 Å². The SMILES string of the molecule is COCOc1cc(CC#N)ccc1Cl. The Bertz CT molecular complexity index is 346. The summed E-state index contributed by atoms with van der Waals surface area (Å²) in [6.07, 6.45) is 0.348. The summed E-state index contributed by atoms with van der Waals surface area (Å²) in [4.78, 5) is 0. The molecule has 0 aliphatic rings. The molecule has 0 saturated heterocycles. The maximum absolute atomic E-state index is 8.51. The van der Waals surface area contributed by atoms with Gasteiger partial charge >= 0.3 is 0 Å². The minimum atomic E-state index is 0.149. The van der Waals surface area contributed by atoms with Gasteiger partial charge in [-0.2, -0.15) is 5.26 Å². The van der Waals surface area contributed by atoms with Gasteiger partial charge in [0.1, 0.15) is 5.75 Å². The number of hydrogen-bond acceptors (Lipinski definition) is 3. The second-order valence-electron chi connectivity index (χ2n) is 2.65. The number of ether oxygens (including phenoxy) is 2. The van der Waals surface area contributed by atoms with Gasteiger partial charge in [0.2, 0.25) is 0 Å². The van der Waals surface area contributed by atoms with E-state index in [-0.39, 0.29) is 6.79 Å². The zero-order valence-corrected chi connectivity index (χ0v) is 8.54. The maximum Gasteiger partial charge on any atom is 0.188 e. The van der Waals surface area contributed by atoms with Crippen LogP contribution in [-0.2, 0) is 11.2 Å². The van der Waals surface area contributed by atoms with Gasteiger partial charge in [-0.15, -0.1) is 0 Å². The number of benzene rings is 1. The molecule has 4 heteroatoms. The van der Waals surface area contributed by atoms with Gasteiger partial charge in [0.25, 0.3) is 0 Å². The Hall–Kier alpha value is -1.24. The standard InChI is InChI=1S/C10H10ClNO2/c1-13-7-14-10-6-8(4-5-12)2-3-9(10)11/h2-3,6H,4,7H2,1H3. The van der Waals surface area contributed by atoms with Gasteiger partial charge in [-0.25, -0.2) is 0 Å². The molecule has 0 spiro atoms. The van der Waals surface area contributed by atoms with Crippen molar-refractivity contribution in [2.45, 2.75) is 6.42 Å². The van der Waals surface area contributed by atoms with Crippen LogP contribution in [0.25, 0.3) is 0 Å². The van der Waals surface area contributed by atoms with E-state index in [1.807, 2.05) is 0 Å². The molecule has 0 saturated carbocycles. The largest absolute Gasteiger partial charge is 0.466 e. The van der Waals surface area contributed by atoms with Crippen LogP contribution in [-0.4, -0.2) is 13.9 Å². The van der Waals surface area contributed by atoms with Gasteiger partial charge in [-0.3, -0.25) is 0 Å². The van der Waals surface area contributed by atoms with E-state index in [1.165, 1.54) is 7.11 Å². The number of hydrogen-bond donors (Lipinski definition) is 0. The van der Waals surface area contributed by atoms with E-state index in [0.29, 0.717) is 17.2 Å². The lowest BCUT2D eigenvalue weighted by atomic mass is 10.1. The fourth-order valence-electron chi connectivity index (χ4n) is 0.982. The number of rotatable bonds is 4. The van der Waals surface area contributed by atoms with Crippen LogP contribution in [0.3, 0.4) is 0 Å². The minimum Gasteiger partial charge on any atom is -0.466 e. The Morgan fingerprint density at radius 3 is 2.93 bits per heavy atom. The highest BCUT2D eigenvalue weighted by molar-refractivity contribution is 6.32. The first-order valence-corrected chi connectivity index (χ1v) is 4.43. The average Bonchev–Trinajstić information content (AvgIpc) is 2.19.